The second kappa shape index (κ2) is 1.77. The van der Waals surface area contributed by atoms with Gasteiger partial charge in [0, 0.05) is 5.41 Å². The van der Waals surface area contributed by atoms with Gasteiger partial charge in [0.1, 0.15) is 4.33 Å². The first kappa shape index (κ1) is 7.17. The van der Waals surface area contributed by atoms with Gasteiger partial charge in [-0.2, -0.15) is 0 Å². The molecule has 0 heterocycles. The van der Waals surface area contributed by atoms with E-state index in [9.17, 15) is 0 Å². The average molecular weight is 163 g/mol. The minimum Gasteiger partial charge on any atom is -0.102 e. The Morgan fingerprint density at radius 3 is 1.56 bits per heavy atom. The fourth-order valence-corrected chi connectivity index (χ4v) is 1.60. The van der Waals surface area contributed by atoms with Crippen LogP contribution in [-0.4, -0.2) is 4.33 Å². The largest absolute Gasteiger partial charge is 0.132 e. The minimum absolute atomic E-state index is 0.212. The third-order valence-electron chi connectivity index (χ3n) is 1.80. The van der Waals surface area contributed by atoms with Crippen molar-refractivity contribution in [2.45, 2.75) is 10.8 Å². The van der Waals surface area contributed by atoms with Crippen molar-refractivity contribution in [2.75, 3.05) is 0 Å². The smallest absolute Gasteiger partial charge is 0.102 e. The fraction of sp³-hybridized carbons (Fsp3) is 0.429. The molecule has 9 heavy (non-hydrogen) atoms. The third-order valence-corrected chi connectivity index (χ3v) is 2.77. The summed E-state index contributed by atoms with van der Waals surface area (Å²) in [7, 11) is 0. The number of halogens is 2. The molecule has 1 aliphatic rings. The summed E-state index contributed by atoms with van der Waals surface area (Å²) in [6.07, 6.45) is 4.25. The Hall–Kier alpha value is 0.0600. The highest BCUT2D eigenvalue weighted by Gasteiger charge is 2.62. The molecule has 2 heteroatoms. The van der Waals surface area contributed by atoms with E-state index in [2.05, 4.69) is 13.2 Å². The molecule has 0 N–H and O–H groups in total. The van der Waals surface area contributed by atoms with E-state index in [1.165, 1.54) is 0 Å². The maximum Gasteiger partial charge on any atom is 0.132 e. The van der Waals surface area contributed by atoms with Crippen LogP contribution < -0.4 is 0 Å². The predicted octanol–water partition coefficient (Wildman–Crippen LogP) is 2.92. The van der Waals surface area contributed by atoms with Crippen LogP contribution in [0, 0.1) is 5.41 Å². The van der Waals surface area contributed by atoms with Crippen LogP contribution in [0.15, 0.2) is 25.3 Å². The van der Waals surface area contributed by atoms with Gasteiger partial charge in [-0.3, -0.25) is 0 Å². The number of allylic oxidation sites excluding steroid dienone is 2. The van der Waals surface area contributed by atoms with Crippen molar-refractivity contribution < 1.29 is 0 Å². The molecule has 1 saturated carbocycles. The highest BCUT2D eigenvalue weighted by Crippen LogP contribution is 2.65. The monoisotopic (exact) mass is 162 g/mol. The van der Waals surface area contributed by atoms with Gasteiger partial charge in [0.05, 0.1) is 0 Å². The van der Waals surface area contributed by atoms with Crippen LogP contribution >= 0.6 is 23.2 Å². The van der Waals surface area contributed by atoms with E-state index in [0.717, 1.165) is 6.42 Å². The van der Waals surface area contributed by atoms with Crippen LogP contribution in [0.1, 0.15) is 6.42 Å². The molecule has 50 valence electrons. The maximum absolute atomic E-state index is 5.79. The summed E-state index contributed by atoms with van der Waals surface area (Å²) in [6, 6.07) is 0. The number of hydrogen-bond donors (Lipinski definition) is 0. The standard InChI is InChI=1S/C7H8Cl2/c1-3-6(4-2)5-7(6,8)9/h3-4H,1-2,5H2. The van der Waals surface area contributed by atoms with Gasteiger partial charge >= 0.3 is 0 Å². The lowest BCUT2D eigenvalue weighted by Crippen LogP contribution is -2.00. The number of rotatable bonds is 2. The van der Waals surface area contributed by atoms with E-state index in [4.69, 9.17) is 23.2 Å². The molecule has 1 aliphatic carbocycles. The summed E-state index contributed by atoms with van der Waals surface area (Å²) in [4.78, 5) is 0. The second-order valence-corrected chi connectivity index (χ2v) is 3.81. The first-order chi connectivity index (χ1) is 4.08. The highest BCUT2D eigenvalue weighted by molar-refractivity contribution is 6.51. The van der Waals surface area contributed by atoms with Crippen LogP contribution in [0.25, 0.3) is 0 Å². The quantitative estimate of drug-likeness (QED) is 0.433. The summed E-state index contributed by atoms with van der Waals surface area (Å²) in [5, 5.41) is 0. The van der Waals surface area contributed by atoms with Gasteiger partial charge in [0.2, 0.25) is 0 Å². The van der Waals surface area contributed by atoms with Gasteiger partial charge in [-0.05, 0) is 6.42 Å². The summed E-state index contributed by atoms with van der Waals surface area (Å²) in [6.45, 7) is 7.24. The molecule has 0 radical (unpaired) electrons. The molecule has 1 rings (SSSR count). The normalized spacial score (nSPS) is 26.9. The topological polar surface area (TPSA) is 0 Å². The molecule has 0 aliphatic heterocycles. The molecular weight excluding hydrogens is 155 g/mol. The van der Waals surface area contributed by atoms with Crippen molar-refractivity contribution >= 4 is 23.2 Å². The molecule has 0 spiro atoms. The van der Waals surface area contributed by atoms with E-state index in [1.54, 1.807) is 12.2 Å². The minimum atomic E-state index is -0.628. The maximum atomic E-state index is 5.79. The summed E-state index contributed by atoms with van der Waals surface area (Å²) in [5.41, 5.74) is -0.212. The van der Waals surface area contributed by atoms with Crippen molar-refractivity contribution in [1.29, 1.82) is 0 Å². The highest BCUT2D eigenvalue weighted by atomic mass is 35.5. The molecule has 0 nitrogen and oxygen atoms in total. The van der Waals surface area contributed by atoms with Gasteiger partial charge in [0.25, 0.3) is 0 Å². The lowest BCUT2D eigenvalue weighted by molar-refractivity contribution is 0.846. The Balaban J connectivity index is 2.79. The predicted molar refractivity (Wildman–Crippen MR) is 41.9 cm³/mol. The molecule has 0 unspecified atom stereocenters. The van der Waals surface area contributed by atoms with Crippen molar-refractivity contribution in [3.8, 4) is 0 Å². The van der Waals surface area contributed by atoms with Crippen LogP contribution in [-0.2, 0) is 0 Å². The van der Waals surface area contributed by atoms with Crippen LogP contribution in [0.4, 0.5) is 0 Å². The summed E-state index contributed by atoms with van der Waals surface area (Å²) in [5.74, 6) is 0. The van der Waals surface area contributed by atoms with Gasteiger partial charge < -0.3 is 0 Å². The number of alkyl halides is 2. The Bertz CT molecular complexity index is 150. The van der Waals surface area contributed by atoms with E-state index in [1.807, 2.05) is 0 Å². The molecular formula is C7H8Cl2. The van der Waals surface area contributed by atoms with Crippen LogP contribution in [0.3, 0.4) is 0 Å². The average Bonchev–Trinajstić information content (AvgIpc) is 2.35. The Morgan fingerprint density at radius 1 is 1.22 bits per heavy atom. The van der Waals surface area contributed by atoms with Crippen LogP contribution in [0.2, 0.25) is 0 Å². The first-order valence-electron chi connectivity index (χ1n) is 2.73. The SMILES string of the molecule is C=CC1(C=C)CC1(Cl)Cl. The second-order valence-electron chi connectivity index (χ2n) is 2.33. The van der Waals surface area contributed by atoms with Crippen molar-refractivity contribution in [2.24, 2.45) is 5.41 Å². The molecule has 0 bridgehead atoms. The molecule has 0 amide bonds. The number of hydrogen-bond acceptors (Lipinski definition) is 0. The summed E-state index contributed by atoms with van der Waals surface area (Å²) < 4.78 is -0.628. The molecule has 0 aromatic rings. The Kier molecular flexibility index (Phi) is 1.41. The van der Waals surface area contributed by atoms with Crippen molar-refractivity contribution in [1.82, 2.24) is 0 Å². The fourth-order valence-electron chi connectivity index (χ4n) is 0.849. The van der Waals surface area contributed by atoms with E-state index in [-0.39, 0.29) is 5.41 Å². The molecule has 0 aromatic carbocycles. The lowest BCUT2D eigenvalue weighted by Gasteiger charge is -2.03. The van der Waals surface area contributed by atoms with E-state index in [0.29, 0.717) is 0 Å². The Morgan fingerprint density at radius 2 is 1.56 bits per heavy atom. The van der Waals surface area contributed by atoms with Gasteiger partial charge in [0.15, 0.2) is 0 Å². The molecule has 0 atom stereocenters. The van der Waals surface area contributed by atoms with Crippen molar-refractivity contribution in [3.05, 3.63) is 25.3 Å². The van der Waals surface area contributed by atoms with Crippen LogP contribution in [0.5, 0.6) is 0 Å². The van der Waals surface area contributed by atoms with Crippen molar-refractivity contribution in [3.63, 3.8) is 0 Å². The molecule has 0 aromatic heterocycles. The zero-order chi connectivity index (χ0) is 7.12. The van der Waals surface area contributed by atoms with Gasteiger partial charge in [-0.25, -0.2) is 0 Å². The Labute approximate surface area is 65.2 Å². The lowest BCUT2D eigenvalue weighted by atomic mass is 10.1. The molecule has 1 fully saturated rings. The summed E-state index contributed by atoms with van der Waals surface area (Å²) >= 11 is 11.6. The zero-order valence-electron chi connectivity index (χ0n) is 5.03. The molecule has 0 saturated heterocycles. The van der Waals surface area contributed by atoms with E-state index >= 15 is 0 Å². The van der Waals surface area contributed by atoms with E-state index < -0.39 is 4.33 Å². The third kappa shape index (κ3) is 0.815. The van der Waals surface area contributed by atoms with Gasteiger partial charge in [-0.1, -0.05) is 12.2 Å². The zero-order valence-corrected chi connectivity index (χ0v) is 6.54. The van der Waals surface area contributed by atoms with Gasteiger partial charge in [-0.15, -0.1) is 36.4 Å². The first-order valence-corrected chi connectivity index (χ1v) is 3.48.